The number of hydrogen-bond donors (Lipinski definition) is 3. The Morgan fingerprint density at radius 1 is 1.17 bits per heavy atom. The average molecular weight is 490 g/mol. The summed E-state index contributed by atoms with van der Waals surface area (Å²) in [7, 11) is 0. The molecule has 29 heavy (non-hydrogen) atoms. The van der Waals surface area contributed by atoms with E-state index in [0.29, 0.717) is 19.4 Å². The maximum atomic E-state index is 12.6. The third kappa shape index (κ3) is 4.08. The van der Waals surface area contributed by atoms with E-state index in [0.717, 1.165) is 12.8 Å². The fourth-order valence-electron chi connectivity index (χ4n) is 4.76. The Bertz CT molecular complexity index is 670. The van der Waals surface area contributed by atoms with Crippen LogP contribution < -0.4 is 0 Å². The van der Waals surface area contributed by atoms with Crippen molar-refractivity contribution in [2.24, 2.45) is 23.7 Å². The first-order valence-corrected chi connectivity index (χ1v) is 9.63. The molecule has 0 aromatic carbocycles. The number of amides is 2. The first-order chi connectivity index (χ1) is 13.4. The van der Waals surface area contributed by atoms with Gasteiger partial charge in [0.1, 0.15) is 6.10 Å². The predicted molar refractivity (Wildman–Crippen MR) is 92.2 cm³/mol. The van der Waals surface area contributed by atoms with Crippen LogP contribution in [-0.2, 0) is 44.9 Å². The van der Waals surface area contributed by atoms with Gasteiger partial charge in [-0.15, -0.1) is 0 Å². The SMILES string of the molecule is O=C(O)C1[CH-]C(O)C(O)C(OCCCCN2C(=O)C3[C@@H]4C=C[C@@H](C4)[C@H]3C2=O)O1.[Mo]. The monoisotopic (exact) mass is 492 g/mol. The standard InChI is InChI=1S/C19H24NO8.Mo/c21-11-8-12(18(25)26)28-19(15(11)22)27-6-2-1-5-20-16(23)13-9-3-4-10(7-9)14(13)17(20)24;/h3-4,8-15,19,21-22H,1-2,5-7H2,(H,25,26);/q-1;/t9-,10+,11?,12?,13+,14?,15?,19?;/m0./s1. The number of fused-ring (bicyclic) bond motifs is 5. The Labute approximate surface area is 182 Å². The van der Waals surface area contributed by atoms with Crippen LogP contribution in [0.15, 0.2) is 12.2 Å². The van der Waals surface area contributed by atoms with Gasteiger partial charge in [0.05, 0.1) is 11.8 Å². The van der Waals surface area contributed by atoms with Gasteiger partial charge in [-0.1, -0.05) is 12.2 Å². The summed E-state index contributed by atoms with van der Waals surface area (Å²) < 4.78 is 10.5. The number of allylic oxidation sites excluding steroid dienone is 2. The number of likely N-dealkylation sites (tertiary alicyclic amines) is 1. The summed E-state index contributed by atoms with van der Waals surface area (Å²) in [6, 6.07) is 0. The van der Waals surface area contributed by atoms with Crippen molar-refractivity contribution in [1.82, 2.24) is 4.90 Å². The Hall–Kier alpha value is -1.12. The number of unbranched alkanes of at least 4 members (excludes halogenated alkanes) is 1. The second-order valence-electron chi connectivity index (χ2n) is 7.84. The number of carbonyl (C=O) groups excluding carboxylic acids is 2. The quantitative estimate of drug-likeness (QED) is 0.141. The molecule has 0 spiro atoms. The van der Waals surface area contributed by atoms with Gasteiger partial charge in [0, 0.05) is 40.3 Å². The number of ether oxygens (including phenoxy) is 2. The van der Waals surface area contributed by atoms with Gasteiger partial charge in [-0.3, -0.25) is 25.7 Å². The molecular formula is C19H24MoNO8-. The first-order valence-electron chi connectivity index (χ1n) is 9.63. The molecule has 9 nitrogen and oxygen atoms in total. The fraction of sp³-hybridized carbons (Fsp3) is 0.684. The van der Waals surface area contributed by atoms with Gasteiger partial charge < -0.3 is 24.8 Å². The molecule has 2 saturated heterocycles. The van der Waals surface area contributed by atoms with E-state index < -0.39 is 30.6 Å². The Balaban J connectivity index is 0.00000240. The molecule has 2 heterocycles. The summed E-state index contributed by atoms with van der Waals surface area (Å²) in [6.45, 7) is 0.451. The van der Waals surface area contributed by atoms with Gasteiger partial charge in [0.25, 0.3) is 0 Å². The maximum absolute atomic E-state index is 12.6. The summed E-state index contributed by atoms with van der Waals surface area (Å²) in [6.07, 6.45) is 1.68. The van der Waals surface area contributed by atoms with Crippen LogP contribution in [0.5, 0.6) is 0 Å². The van der Waals surface area contributed by atoms with Crippen LogP contribution in [0, 0.1) is 30.1 Å². The molecule has 0 aromatic heterocycles. The van der Waals surface area contributed by atoms with E-state index in [4.69, 9.17) is 14.6 Å². The van der Waals surface area contributed by atoms with Crippen molar-refractivity contribution in [2.75, 3.05) is 13.2 Å². The van der Waals surface area contributed by atoms with E-state index in [2.05, 4.69) is 12.2 Å². The number of rotatable bonds is 7. The molecule has 2 bridgehead atoms. The van der Waals surface area contributed by atoms with Gasteiger partial charge in [0.2, 0.25) is 11.8 Å². The largest absolute Gasteiger partial charge is 0.481 e. The Morgan fingerprint density at radius 2 is 1.79 bits per heavy atom. The summed E-state index contributed by atoms with van der Waals surface area (Å²) in [5, 5.41) is 28.5. The van der Waals surface area contributed by atoms with E-state index >= 15 is 0 Å². The van der Waals surface area contributed by atoms with Crippen molar-refractivity contribution in [3.05, 3.63) is 18.6 Å². The minimum atomic E-state index is -1.38. The number of carboxylic acids is 1. The summed E-state index contributed by atoms with van der Waals surface area (Å²) in [5.41, 5.74) is 0. The van der Waals surface area contributed by atoms with Gasteiger partial charge in [-0.05, 0) is 37.2 Å². The van der Waals surface area contributed by atoms with Crippen molar-refractivity contribution in [2.45, 2.75) is 43.9 Å². The molecule has 5 unspecified atom stereocenters. The van der Waals surface area contributed by atoms with E-state index in [-0.39, 0.29) is 63.2 Å². The molecule has 3 N–H and O–H groups in total. The van der Waals surface area contributed by atoms with Crippen LogP contribution in [0.1, 0.15) is 19.3 Å². The van der Waals surface area contributed by atoms with Crippen LogP contribution in [0.3, 0.4) is 0 Å². The molecule has 2 aliphatic heterocycles. The molecule has 4 rings (SSSR count). The average Bonchev–Trinajstić information content (AvgIpc) is 3.33. The van der Waals surface area contributed by atoms with Crippen molar-refractivity contribution in [3.8, 4) is 0 Å². The van der Waals surface area contributed by atoms with E-state index in [1.54, 1.807) is 0 Å². The third-order valence-electron chi connectivity index (χ3n) is 6.14. The normalized spacial score (nSPS) is 40.3. The van der Waals surface area contributed by atoms with Crippen molar-refractivity contribution in [3.63, 3.8) is 0 Å². The van der Waals surface area contributed by atoms with Crippen molar-refractivity contribution >= 4 is 17.8 Å². The van der Waals surface area contributed by atoms with Gasteiger partial charge in [-0.2, -0.15) is 0 Å². The number of carbonyl (C=O) groups is 3. The molecular weight excluding hydrogens is 466 g/mol. The molecule has 0 aromatic rings. The minimum absolute atomic E-state index is 0. The molecule has 10 heteroatoms. The molecule has 2 amide bonds. The number of aliphatic hydroxyl groups is 2. The number of carboxylic acid groups (broad SMARTS) is 1. The predicted octanol–water partition coefficient (Wildman–Crippen LogP) is -0.677. The van der Waals surface area contributed by atoms with Gasteiger partial charge in [-0.25, -0.2) is 0 Å². The van der Waals surface area contributed by atoms with Crippen molar-refractivity contribution in [1.29, 1.82) is 0 Å². The van der Waals surface area contributed by atoms with E-state index in [9.17, 15) is 24.6 Å². The van der Waals surface area contributed by atoms with E-state index in [1.807, 2.05) is 0 Å². The zero-order chi connectivity index (χ0) is 20.0. The number of aliphatic hydroxyl groups excluding tert-OH is 2. The topological polar surface area (TPSA) is 134 Å². The molecule has 1 saturated carbocycles. The number of imide groups is 1. The number of aliphatic carboxylic acids is 1. The zero-order valence-electron chi connectivity index (χ0n) is 15.6. The minimum Gasteiger partial charge on any atom is -0.481 e. The molecule has 4 aliphatic rings. The van der Waals surface area contributed by atoms with Gasteiger partial charge >= 0.3 is 5.97 Å². The molecule has 0 radical (unpaired) electrons. The molecule has 3 fully saturated rings. The van der Waals surface area contributed by atoms with Crippen LogP contribution in [0.4, 0.5) is 0 Å². The summed E-state index contributed by atoms with van der Waals surface area (Å²) in [5.74, 6) is -1.46. The summed E-state index contributed by atoms with van der Waals surface area (Å²) >= 11 is 0. The van der Waals surface area contributed by atoms with E-state index in [1.165, 1.54) is 4.90 Å². The second-order valence-corrected chi connectivity index (χ2v) is 7.84. The molecule has 160 valence electrons. The van der Waals surface area contributed by atoms with Crippen LogP contribution >= 0.6 is 0 Å². The molecule has 2 aliphatic carbocycles. The third-order valence-corrected chi connectivity index (χ3v) is 6.14. The van der Waals surface area contributed by atoms with Crippen molar-refractivity contribution < 1.29 is 60.2 Å². The molecule has 8 atom stereocenters. The fourth-order valence-corrected chi connectivity index (χ4v) is 4.76. The summed E-state index contributed by atoms with van der Waals surface area (Å²) in [4.78, 5) is 37.5. The first kappa shape index (κ1) is 22.6. The van der Waals surface area contributed by atoms with Gasteiger partial charge in [0.15, 0.2) is 6.29 Å². The van der Waals surface area contributed by atoms with Crippen LogP contribution in [0.2, 0.25) is 0 Å². The maximum Gasteiger partial charge on any atom is 0.301 e. The Morgan fingerprint density at radius 3 is 2.38 bits per heavy atom. The number of nitrogens with zero attached hydrogens (tertiary/aromatic N) is 1. The Kier molecular flexibility index (Phi) is 6.95. The van der Waals surface area contributed by atoms with Crippen LogP contribution in [0.25, 0.3) is 0 Å². The zero-order valence-corrected chi connectivity index (χ0v) is 17.6. The smallest absolute Gasteiger partial charge is 0.301 e. The second kappa shape index (κ2) is 8.94. The number of hydrogen-bond acceptors (Lipinski definition) is 7. The van der Waals surface area contributed by atoms with Crippen LogP contribution in [-0.4, -0.2) is 75.8 Å².